The summed E-state index contributed by atoms with van der Waals surface area (Å²) in [6.45, 7) is 2.40. The van der Waals surface area contributed by atoms with Crippen LogP contribution in [0.25, 0.3) is 0 Å². The van der Waals surface area contributed by atoms with Crippen molar-refractivity contribution < 1.29 is 4.79 Å². The Labute approximate surface area is 105 Å². The average Bonchev–Trinajstić information content (AvgIpc) is 2.32. The van der Waals surface area contributed by atoms with Gasteiger partial charge in [-0.25, -0.2) is 0 Å². The summed E-state index contributed by atoms with van der Waals surface area (Å²) in [6.07, 6.45) is 1.15. The van der Waals surface area contributed by atoms with Crippen LogP contribution in [0.2, 0.25) is 0 Å². The predicted octanol–water partition coefficient (Wildman–Crippen LogP) is 2.55. The van der Waals surface area contributed by atoms with E-state index in [9.17, 15) is 4.79 Å². The number of carbonyl (C=O) groups is 1. The van der Waals surface area contributed by atoms with Gasteiger partial charge in [0.2, 0.25) is 5.91 Å². The number of hydrogen-bond donors (Lipinski definition) is 2. The first-order chi connectivity index (χ1) is 8.24. The highest BCUT2D eigenvalue weighted by Gasteiger charge is 2.05. The molecule has 0 atom stereocenters. The van der Waals surface area contributed by atoms with E-state index < -0.39 is 0 Å². The van der Waals surface area contributed by atoms with Gasteiger partial charge in [-0.3, -0.25) is 9.79 Å². The van der Waals surface area contributed by atoms with Gasteiger partial charge in [-0.15, -0.1) is 0 Å². The smallest absolute Gasteiger partial charge is 0.221 e. The minimum atomic E-state index is -0.0575. The van der Waals surface area contributed by atoms with Gasteiger partial charge in [0.1, 0.15) is 0 Å². The highest BCUT2D eigenvalue weighted by atomic mass is 32.2. The maximum atomic E-state index is 10.9. The third kappa shape index (κ3) is 3.78. The van der Waals surface area contributed by atoms with Crippen molar-refractivity contribution >= 4 is 34.2 Å². The molecule has 90 valence electrons. The van der Waals surface area contributed by atoms with Gasteiger partial charge in [-0.1, -0.05) is 11.8 Å². The molecule has 0 spiro atoms. The molecule has 0 bridgehead atoms. The third-order valence-electron chi connectivity index (χ3n) is 2.25. The summed E-state index contributed by atoms with van der Waals surface area (Å²) in [5, 5.41) is 6.97. The summed E-state index contributed by atoms with van der Waals surface area (Å²) in [5.74, 6) is 1.06. The molecule has 0 saturated carbocycles. The van der Waals surface area contributed by atoms with Gasteiger partial charge in [0, 0.05) is 30.6 Å². The Morgan fingerprint density at radius 1 is 1.29 bits per heavy atom. The molecule has 4 nitrogen and oxygen atoms in total. The fourth-order valence-electron chi connectivity index (χ4n) is 1.50. The second-order valence-corrected chi connectivity index (χ2v) is 4.86. The van der Waals surface area contributed by atoms with Crippen LogP contribution >= 0.6 is 11.8 Å². The van der Waals surface area contributed by atoms with Gasteiger partial charge in [-0.2, -0.15) is 0 Å². The molecule has 0 fully saturated rings. The van der Waals surface area contributed by atoms with Crippen molar-refractivity contribution in [2.75, 3.05) is 22.9 Å². The monoisotopic (exact) mass is 249 g/mol. The number of rotatable bonds is 2. The lowest BCUT2D eigenvalue weighted by Gasteiger charge is -2.13. The van der Waals surface area contributed by atoms with E-state index in [0.717, 1.165) is 35.3 Å². The maximum absolute atomic E-state index is 10.9. The summed E-state index contributed by atoms with van der Waals surface area (Å²) >= 11 is 1.74. The number of anilines is 2. The molecule has 0 radical (unpaired) electrons. The number of hydrogen-bond acceptors (Lipinski definition) is 4. The summed E-state index contributed by atoms with van der Waals surface area (Å²) in [6, 6.07) is 7.61. The van der Waals surface area contributed by atoms with E-state index in [1.54, 1.807) is 11.8 Å². The van der Waals surface area contributed by atoms with Crippen LogP contribution in [0.3, 0.4) is 0 Å². The molecule has 0 unspecified atom stereocenters. The number of carbonyl (C=O) groups excluding carboxylic acids is 1. The van der Waals surface area contributed by atoms with Gasteiger partial charge < -0.3 is 10.6 Å². The summed E-state index contributed by atoms with van der Waals surface area (Å²) in [4.78, 5) is 15.3. The molecule has 1 aliphatic rings. The van der Waals surface area contributed by atoms with Crippen molar-refractivity contribution in [1.29, 1.82) is 0 Å². The van der Waals surface area contributed by atoms with Crippen molar-refractivity contribution in [3.63, 3.8) is 0 Å². The first kappa shape index (κ1) is 12.0. The van der Waals surface area contributed by atoms with Gasteiger partial charge >= 0.3 is 0 Å². The van der Waals surface area contributed by atoms with Crippen LogP contribution in [0.15, 0.2) is 29.3 Å². The number of nitrogens with one attached hydrogen (secondary N) is 2. The minimum absolute atomic E-state index is 0.0575. The number of thioether (sulfide) groups is 1. The van der Waals surface area contributed by atoms with Crippen molar-refractivity contribution in [3.05, 3.63) is 24.3 Å². The Morgan fingerprint density at radius 2 is 2.00 bits per heavy atom. The number of benzene rings is 1. The SMILES string of the molecule is CC(=O)Nc1ccc(NC2=NCCCS2)cc1. The molecule has 1 amide bonds. The average molecular weight is 249 g/mol. The zero-order valence-electron chi connectivity index (χ0n) is 9.69. The lowest BCUT2D eigenvalue weighted by Crippen LogP contribution is -2.13. The molecule has 1 heterocycles. The Kier molecular flexibility index (Phi) is 4.03. The van der Waals surface area contributed by atoms with Crippen LogP contribution < -0.4 is 10.6 Å². The van der Waals surface area contributed by atoms with Gasteiger partial charge in [0.25, 0.3) is 0 Å². The van der Waals surface area contributed by atoms with Crippen LogP contribution in [0, 0.1) is 0 Å². The molecule has 5 heteroatoms. The van der Waals surface area contributed by atoms with E-state index in [2.05, 4.69) is 15.6 Å². The van der Waals surface area contributed by atoms with E-state index in [4.69, 9.17) is 0 Å². The van der Waals surface area contributed by atoms with Gasteiger partial charge in [0.15, 0.2) is 5.17 Å². The molecule has 17 heavy (non-hydrogen) atoms. The standard InChI is InChI=1S/C12H15N3OS/c1-9(16)14-10-3-5-11(6-4-10)15-12-13-7-2-8-17-12/h3-6H,2,7-8H2,1H3,(H,13,15)(H,14,16). The van der Waals surface area contributed by atoms with E-state index in [1.165, 1.54) is 6.92 Å². The quantitative estimate of drug-likeness (QED) is 0.847. The van der Waals surface area contributed by atoms with Crippen LogP contribution in [0.5, 0.6) is 0 Å². The molecular formula is C12H15N3OS. The Balaban J connectivity index is 1.97. The Bertz CT molecular complexity index is 428. The van der Waals surface area contributed by atoms with Crippen LogP contribution in [-0.4, -0.2) is 23.4 Å². The normalized spacial score (nSPS) is 15.0. The van der Waals surface area contributed by atoms with E-state index >= 15 is 0 Å². The fourth-order valence-corrected chi connectivity index (χ4v) is 2.34. The summed E-state index contributed by atoms with van der Waals surface area (Å²) in [5.41, 5.74) is 1.80. The highest BCUT2D eigenvalue weighted by molar-refractivity contribution is 8.14. The molecular weight excluding hydrogens is 234 g/mol. The van der Waals surface area contributed by atoms with Gasteiger partial charge in [0.05, 0.1) is 0 Å². The predicted molar refractivity (Wildman–Crippen MR) is 73.7 cm³/mol. The lowest BCUT2D eigenvalue weighted by atomic mass is 10.3. The van der Waals surface area contributed by atoms with Crippen molar-refractivity contribution in [1.82, 2.24) is 0 Å². The largest absolute Gasteiger partial charge is 0.335 e. The maximum Gasteiger partial charge on any atom is 0.221 e. The second-order valence-electron chi connectivity index (χ2n) is 3.77. The second kappa shape index (κ2) is 5.72. The zero-order valence-corrected chi connectivity index (χ0v) is 10.5. The van der Waals surface area contributed by atoms with E-state index in [-0.39, 0.29) is 5.91 Å². The number of aliphatic imine (C=N–C) groups is 1. The highest BCUT2D eigenvalue weighted by Crippen LogP contribution is 2.18. The van der Waals surface area contributed by atoms with Crippen molar-refractivity contribution in [3.8, 4) is 0 Å². The number of amidine groups is 1. The lowest BCUT2D eigenvalue weighted by molar-refractivity contribution is -0.114. The molecule has 1 aromatic carbocycles. The van der Waals surface area contributed by atoms with Crippen LogP contribution in [-0.2, 0) is 4.79 Å². The molecule has 2 rings (SSSR count). The van der Waals surface area contributed by atoms with Gasteiger partial charge in [-0.05, 0) is 30.7 Å². The Morgan fingerprint density at radius 3 is 2.59 bits per heavy atom. The fraction of sp³-hybridized carbons (Fsp3) is 0.333. The summed E-state index contributed by atoms with van der Waals surface area (Å²) in [7, 11) is 0. The van der Waals surface area contributed by atoms with Crippen LogP contribution in [0.4, 0.5) is 11.4 Å². The molecule has 2 N–H and O–H groups in total. The number of amides is 1. The molecule has 0 aromatic heterocycles. The molecule has 0 aliphatic carbocycles. The molecule has 1 aromatic rings. The number of nitrogens with zero attached hydrogens (tertiary/aromatic N) is 1. The van der Waals surface area contributed by atoms with E-state index in [0.29, 0.717) is 0 Å². The van der Waals surface area contributed by atoms with Crippen molar-refractivity contribution in [2.45, 2.75) is 13.3 Å². The van der Waals surface area contributed by atoms with E-state index in [1.807, 2.05) is 24.3 Å². The Hall–Kier alpha value is -1.49. The first-order valence-electron chi connectivity index (χ1n) is 5.56. The minimum Gasteiger partial charge on any atom is -0.335 e. The third-order valence-corrected chi connectivity index (χ3v) is 3.25. The molecule has 1 aliphatic heterocycles. The van der Waals surface area contributed by atoms with Crippen molar-refractivity contribution in [2.24, 2.45) is 4.99 Å². The summed E-state index contributed by atoms with van der Waals surface area (Å²) < 4.78 is 0. The molecule has 0 saturated heterocycles. The van der Waals surface area contributed by atoms with Crippen LogP contribution in [0.1, 0.15) is 13.3 Å². The first-order valence-corrected chi connectivity index (χ1v) is 6.54. The zero-order chi connectivity index (χ0) is 12.1. The topological polar surface area (TPSA) is 53.5 Å².